The van der Waals surface area contributed by atoms with Gasteiger partial charge in [0.15, 0.2) is 0 Å². The first-order chi connectivity index (χ1) is 13.7. The van der Waals surface area contributed by atoms with Crippen molar-refractivity contribution < 1.29 is 9.90 Å². The molecule has 2 aliphatic rings. The summed E-state index contributed by atoms with van der Waals surface area (Å²) in [6.07, 6.45) is 7.99. The second-order valence-electron chi connectivity index (χ2n) is 8.10. The standard InChI is InChI=1S/C25H29NO2/c27-25(28)18-19-13-16-26(17-14-19)15-5-10-24-22-8-3-1-6-20(22)11-12-21-7-2-4-9-23(21)24/h1-4,6-10,19H,5,11-18H2,(H,27,28). The Bertz CT molecular complexity index is 813. The van der Waals surface area contributed by atoms with Crippen molar-refractivity contribution in [1.29, 1.82) is 0 Å². The van der Waals surface area contributed by atoms with Gasteiger partial charge in [0.2, 0.25) is 0 Å². The molecule has 1 aliphatic heterocycles. The molecule has 3 heteroatoms. The van der Waals surface area contributed by atoms with E-state index < -0.39 is 5.97 Å². The molecule has 0 amide bonds. The Morgan fingerprint density at radius 3 is 2.11 bits per heavy atom. The minimum atomic E-state index is -0.658. The highest BCUT2D eigenvalue weighted by molar-refractivity contribution is 5.83. The summed E-state index contributed by atoms with van der Waals surface area (Å²) < 4.78 is 0. The van der Waals surface area contributed by atoms with E-state index in [2.05, 4.69) is 59.5 Å². The summed E-state index contributed by atoms with van der Waals surface area (Å²) in [6.45, 7) is 3.09. The number of rotatable bonds is 5. The lowest BCUT2D eigenvalue weighted by Gasteiger charge is -2.31. The van der Waals surface area contributed by atoms with Crippen LogP contribution in [0.25, 0.3) is 5.57 Å². The van der Waals surface area contributed by atoms with Crippen LogP contribution >= 0.6 is 0 Å². The fraction of sp³-hybridized carbons (Fsp3) is 0.400. The summed E-state index contributed by atoms with van der Waals surface area (Å²) in [5.41, 5.74) is 7.03. The highest BCUT2D eigenvalue weighted by Gasteiger charge is 2.21. The third-order valence-corrected chi connectivity index (χ3v) is 6.24. The molecule has 1 saturated heterocycles. The molecular weight excluding hydrogens is 346 g/mol. The molecular formula is C25H29NO2. The SMILES string of the molecule is O=C(O)CC1CCN(CCC=C2c3ccccc3CCc3ccccc32)CC1. The van der Waals surface area contributed by atoms with Gasteiger partial charge in [-0.15, -0.1) is 0 Å². The van der Waals surface area contributed by atoms with Crippen molar-refractivity contribution in [3.63, 3.8) is 0 Å². The number of nitrogens with zero attached hydrogens (tertiary/aromatic N) is 1. The van der Waals surface area contributed by atoms with Gasteiger partial charge in [-0.25, -0.2) is 0 Å². The van der Waals surface area contributed by atoms with E-state index in [1.165, 1.54) is 27.8 Å². The summed E-state index contributed by atoms with van der Waals surface area (Å²) in [6, 6.07) is 17.6. The molecule has 0 radical (unpaired) electrons. The quantitative estimate of drug-likeness (QED) is 0.816. The van der Waals surface area contributed by atoms with Crippen molar-refractivity contribution in [2.24, 2.45) is 5.92 Å². The number of carbonyl (C=O) groups is 1. The van der Waals surface area contributed by atoms with Gasteiger partial charge in [0.1, 0.15) is 0 Å². The lowest BCUT2D eigenvalue weighted by molar-refractivity contribution is -0.138. The zero-order chi connectivity index (χ0) is 19.3. The van der Waals surface area contributed by atoms with Gasteiger partial charge in [-0.2, -0.15) is 0 Å². The molecule has 1 aliphatic carbocycles. The van der Waals surface area contributed by atoms with Crippen molar-refractivity contribution in [3.8, 4) is 0 Å². The van der Waals surface area contributed by atoms with Crippen LogP contribution < -0.4 is 0 Å². The van der Waals surface area contributed by atoms with E-state index in [0.29, 0.717) is 12.3 Å². The summed E-state index contributed by atoms with van der Waals surface area (Å²) in [5, 5.41) is 8.98. The van der Waals surface area contributed by atoms with Crippen LogP contribution in [0.4, 0.5) is 0 Å². The van der Waals surface area contributed by atoms with Crippen molar-refractivity contribution >= 4 is 11.5 Å². The molecule has 1 heterocycles. The molecule has 0 spiro atoms. The van der Waals surface area contributed by atoms with Crippen LogP contribution in [0.15, 0.2) is 54.6 Å². The topological polar surface area (TPSA) is 40.5 Å². The van der Waals surface area contributed by atoms with E-state index in [4.69, 9.17) is 5.11 Å². The number of aryl methyl sites for hydroxylation is 2. The van der Waals surface area contributed by atoms with Crippen LogP contribution in [-0.2, 0) is 17.6 Å². The van der Waals surface area contributed by atoms with Gasteiger partial charge in [0, 0.05) is 13.0 Å². The molecule has 0 unspecified atom stereocenters. The smallest absolute Gasteiger partial charge is 0.303 e. The van der Waals surface area contributed by atoms with E-state index in [9.17, 15) is 4.79 Å². The number of hydrogen-bond acceptors (Lipinski definition) is 2. The van der Waals surface area contributed by atoms with Crippen molar-refractivity contribution in [3.05, 3.63) is 76.9 Å². The average molecular weight is 376 g/mol. The lowest BCUT2D eigenvalue weighted by atomic mass is 9.92. The first kappa shape index (κ1) is 18.9. The number of carboxylic acid groups (broad SMARTS) is 1. The molecule has 0 aromatic heterocycles. The number of benzene rings is 2. The van der Waals surface area contributed by atoms with Gasteiger partial charge in [-0.1, -0.05) is 54.6 Å². The fourth-order valence-corrected chi connectivity index (χ4v) is 4.69. The number of hydrogen-bond donors (Lipinski definition) is 1. The van der Waals surface area contributed by atoms with Crippen molar-refractivity contribution in [1.82, 2.24) is 4.90 Å². The van der Waals surface area contributed by atoms with Gasteiger partial charge in [-0.3, -0.25) is 4.79 Å². The number of carboxylic acids is 1. The molecule has 4 rings (SSSR count). The van der Waals surface area contributed by atoms with Gasteiger partial charge < -0.3 is 10.0 Å². The zero-order valence-corrected chi connectivity index (χ0v) is 16.4. The summed E-state index contributed by atoms with van der Waals surface area (Å²) in [7, 11) is 0. The number of piperidine rings is 1. The Kier molecular flexibility index (Phi) is 5.92. The molecule has 3 nitrogen and oxygen atoms in total. The van der Waals surface area contributed by atoms with Crippen LogP contribution in [-0.4, -0.2) is 35.6 Å². The van der Waals surface area contributed by atoms with Crippen LogP contribution in [0.2, 0.25) is 0 Å². The summed E-state index contributed by atoms with van der Waals surface area (Å²) in [4.78, 5) is 13.4. The monoisotopic (exact) mass is 375 g/mol. The highest BCUT2D eigenvalue weighted by Crippen LogP contribution is 2.33. The maximum absolute atomic E-state index is 10.9. The maximum atomic E-state index is 10.9. The van der Waals surface area contributed by atoms with Gasteiger partial charge in [0.25, 0.3) is 0 Å². The summed E-state index contributed by atoms with van der Waals surface area (Å²) in [5.74, 6) is -0.304. The molecule has 0 bridgehead atoms. The molecule has 2 aromatic rings. The Labute approximate surface area is 167 Å². The summed E-state index contributed by atoms with van der Waals surface area (Å²) >= 11 is 0. The van der Waals surface area contributed by atoms with E-state index in [0.717, 1.165) is 51.7 Å². The zero-order valence-electron chi connectivity index (χ0n) is 16.4. The normalized spacial score (nSPS) is 17.5. The van der Waals surface area contributed by atoms with Crippen LogP contribution in [0.5, 0.6) is 0 Å². The number of fused-ring (bicyclic) bond motifs is 2. The van der Waals surface area contributed by atoms with E-state index >= 15 is 0 Å². The predicted molar refractivity (Wildman–Crippen MR) is 113 cm³/mol. The molecule has 146 valence electrons. The molecule has 1 N–H and O–H groups in total. The third-order valence-electron chi connectivity index (χ3n) is 6.24. The fourth-order valence-electron chi connectivity index (χ4n) is 4.69. The first-order valence-corrected chi connectivity index (χ1v) is 10.5. The lowest BCUT2D eigenvalue weighted by Crippen LogP contribution is -2.34. The van der Waals surface area contributed by atoms with Crippen LogP contribution in [0.1, 0.15) is 47.9 Å². The van der Waals surface area contributed by atoms with Crippen LogP contribution in [0.3, 0.4) is 0 Å². The largest absolute Gasteiger partial charge is 0.481 e. The third kappa shape index (κ3) is 4.36. The molecule has 28 heavy (non-hydrogen) atoms. The molecule has 0 atom stereocenters. The maximum Gasteiger partial charge on any atom is 0.303 e. The van der Waals surface area contributed by atoms with Gasteiger partial charge in [-0.05, 0) is 78.9 Å². The average Bonchev–Trinajstić information content (AvgIpc) is 2.86. The van der Waals surface area contributed by atoms with Gasteiger partial charge >= 0.3 is 5.97 Å². The second-order valence-corrected chi connectivity index (χ2v) is 8.10. The van der Waals surface area contributed by atoms with Crippen molar-refractivity contribution in [2.75, 3.05) is 19.6 Å². The Balaban J connectivity index is 1.47. The Morgan fingerprint density at radius 2 is 1.54 bits per heavy atom. The highest BCUT2D eigenvalue weighted by atomic mass is 16.4. The molecule has 1 fully saturated rings. The number of likely N-dealkylation sites (tertiary alicyclic amines) is 1. The van der Waals surface area contributed by atoms with Crippen LogP contribution in [0, 0.1) is 5.92 Å². The minimum Gasteiger partial charge on any atom is -0.481 e. The second kappa shape index (κ2) is 8.74. The molecule has 0 saturated carbocycles. The minimum absolute atomic E-state index is 0.325. The van der Waals surface area contributed by atoms with E-state index in [1.807, 2.05) is 0 Å². The Morgan fingerprint density at radius 1 is 0.964 bits per heavy atom. The van der Waals surface area contributed by atoms with Crippen molar-refractivity contribution in [2.45, 2.75) is 38.5 Å². The first-order valence-electron chi connectivity index (χ1n) is 10.5. The Hall–Kier alpha value is -2.39. The predicted octanol–water partition coefficient (Wildman–Crippen LogP) is 4.79. The molecule has 2 aromatic carbocycles. The van der Waals surface area contributed by atoms with Gasteiger partial charge in [0.05, 0.1) is 0 Å². The number of aliphatic carboxylic acids is 1. The van der Waals surface area contributed by atoms with E-state index in [1.54, 1.807) is 0 Å². The van der Waals surface area contributed by atoms with E-state index in [-0.39, 0.29) is 0 Å².